The summed E-state index contributed by atoms with van der Waals surface area (Å²) in [6.07, 6.45) is -1.47. The van der Waals surface area contributed by atoms with Gasteiger partial charge in [0, 0.05) is 34.9 Å². The number of thiophene rings is 1. The van der Waals surface area contributed by atoms with Crippen molar-refractivity contribution in [1.82, 2.24) is 9.88 Å². The molecule has 0 saturated heterocycles. The predicted molar refractivity (Wildman–Crippen MR) is 106 cm³/mol. The van der Waals surface area contributed by atoms with E-state index in [9.17, 15) is 18.0 Å². The van der Waals surface area contributed by atoms with Gasteiger partial charge in [0.15, 0.2) is 11.7 Å². The van der Waals surface area contributed by atoms with Gasteiger partial charge >= 0.3 is 6.18 Å². The average Bonchev–Trinajstić information content (AvgIpc) is 3.19. The van der Waals surface area contributed by atoms with Crippen LogP contribution in [0, 0.1) is 5.92 Å². The van der Waals surface area contributed by atoms with Crippen LogP contribution in [-0.2, 0) is 11.8 Å². The molecule has 1 aromatic carbocycles. The fraction of sp³-hybridized carbons (Fsp3) is 0.381. The van der Waals surface area contributed by atoms with Crippen LogP contribution in [0.5, 0.6) is 5.06 Å². The van der Waals surface area contributed by atoms with E-state index in [0.29, 0.717) is 0 Å². The smallest absolute Gasteiger partial charge is 0.422 e. The molecule has 0 spiro atoms. The Morgan fingerprint density at radius 1 is 1.31 bits per heavy atom. The van der Waals surface area contributed by atoms with Crippen LogP contribution in [0.3, 0.4) is 0 Å². The molecule has 4 nitrogen and oxygen atoms in total. The number of para-hydroxylation sites is 1. The van der Waals surface area contributed by atoms with E-state index in [2.05, 4.69) is 28.2 Å². The zero-order chi connectivity index (χ0) is 20.8. The van der Waals surface area contributed by atoms with Crippen molar-refractivity contribution in [3.8, 4) is 5.06 Å². The zero-order valence-corrected chi connectivity index (χ0v) is 16.8. The highest BCUT2D eigenvalue weighted by Gasteiger charge is 2.45. The molecular formula is C21H21F3N2O2S. The molecule has 8 heteroatoms. The first kappa shape index (κ1) is 19.8. The summed E-state index contributed by atoms with van der Waals surface area (Å²) in [5, 5.41) is 4.35. The molecule has 3 atom stereocenters. The summed E-state index contributed by atoms with van der Waals surface area (Å²) in [6.45, 7) is 0.509. The molecule has 2 heterocycles. The molecule has 4 rings (SSSR count). The number of aromatic nitrogens is 1. The molecule has 1 aliphatic rings. The molecular weight excluding hydrogens is 401 g/mol. The lowest BCUT2D eigenvalue weighted by atomic mass is 10.1. The minimum absolute atomic E-state index is 0.0263. The number of halogens is 3. The monoisotopic (exact) mass is 422 g/mol. The molecule has 29 heavy (non-hydrogen) atoms. The number of hydrogen-bond donors (Lipinski definition) is 1. The Morgan fingerprint density at radius 3 is 2.83 bits per heavy atom. The van der Waals surface area contributed by atoms with E-state index in [0.717, 1.165) is 28.2 Å². The number of carbonyl (C=O) groups is 1. The van der Waals surface area contributed by atoms with Gasteiger partial charge in [0.2, 0.25) is 5.91 Å². The summed E-state index contributed by atoms with van der Waals surface area (Å²) < 4.78 is 43.7. The van der Waals surface area contributed by atoms with Gasteiger partial charge in [-0.3, -0.25) is 4.79 Å². The minimum Gasteiger partial charge on any atom is -0.475 e. The summed E-state index contributed by atoms with van der Waals surface area (Å²) in [7, 11) is 2.00. The average molecular weight is 422 g/mol. The van der Waals surface area contributed by atoms with E-state index in [1.54, 1.807) is 6.07 Å². The Bertz CT molecular complexity index is 1040. The van der Waals surface area contributed by atoms with Gasteiger partial charge in [0.05, 0.1) is 6.04 Å². The van der Waals surface area contributed by atoms with E-state index in [4.69, 9.17) is 4.74 Å². The SMILES string of the molecule is CC(NC(=O)C1CC1c1cn(C)c2ccccc12)c1ccc(OCC(F)(F)F)s1. The Hall–Kier alpha value is -2.48. The molecule has 1 N–H and O–H groups in total. The standard InChI is InChI=1S/C21H21F3N2O2S/c1-12(18-7-8-19(29-18)28-11-21(22,23)24)25-20(27)15-9-14(15)16-10-26(2)17-6-4-3-5-13(16)17/h3-8,10,12,14-15H,9,11H2,1-2H3,(H,25,27). The van der Waals surface area contributed by atoms with Crippen molar-refractivity contribution in [3.63, 3.8) is 0 Å². The van der Waals surface area contributed by atoms with Crippen molar-refractivity contribution in [2.24, 2.45) is 13.0 Å². The summed E-state index contributed by atoms with van der Waals surface area (Å²) in [4.78, 5) is 13.4. The van der Waals surface area contributed by atoms with E-state index in [1.807, 2.05) is 26.1 Å². The molecule has 1 saturated carbocycles. The first-order chi connectivity index (χ1) is 13.7. The van der Waals surface area contributed by atoms with E-state index in [1.165, 1.54) is 17.0 Å². The number of hydrogen-bond acceptors (Lipinski definition) is 3. The van der Waals surface area contributed by atoms with E-state index in [-0.39, 0.29) is 28.8 Å². The number of amides is 1. The first-order valence-electron chi connectivity index (χ1n) is 9.36. The van der Waals surface area contributed by atoms with Gasteiger partial charge in [-0.25, -0.2) is 0 Å². The second-order valence-corrected chi connectivity index (χ2v) is 8.53. The van der Waals surface area contributed by atoms with Crippen molar-refractivity contribution in [2.75, 3.05) is 6.61 Å². The molecule has 0 bridgehead atoms. The Morgan fingerprint density at radius 2 is 2.07 bits per heavy atom. The van der Waals surface area contributed by atoms with E-state index >= 15 is 0 Å². The highest BCUT2D eigenvalue weighted by Crippen LogP contribution is 2.50. The fourth-order valence-corrected chi connectivity index (χ4v) is 4.54. The third kappa shape index (κ3) is 4.27. The van der Waals surface area contributed by atoms with Crippen LogP contribution >= 0.6 is 11.3 Å². The molecule has 0 radical (unpaired) electrons. The van der Waals surface area contributed by atoms with Crippen LogP contribution in [-0.4, -0.2) is 23.3 Å². The van der Waals surface area contributed by atoms with Crippen LogP contribution < -0.4 is 10.1 Å². The summed E-state index contributed by atoms with van der Waals surface area (Å²) in [5.41, 5.74) is 2.33. The van der Waals surface area contributed by atoms with Crippen molar-refractivity contribution in [3.05, 3.63) is 53.0 Å². The second-order valence-electron chi connectivity index (χ2n) is 7.45. The lowest BCUT2D eigenvalue weighted by Crippen LogP contribution is -2.27. The van der Waals surface area contributed by atoms with Crippen LogP contribution in [0.1, 0.15) is 35.7 Å². The number of ether oxygens (including phenoxy) is 1. The van der Waals surface area contributed by atoms with Crippen molar-refractivity contribution >= 4 is 28.1 Å². The zero-order valence-electron chi connectivity index (χ0n) is 16.0. The highest BCUT2D eigenvalue weighted by molar-refractivity contribution is 7.13. The minimum atomic E-state index is -4.37. The maximum Gasteiger partial charge on any atom is 0.422 e. The summed E-state index contributed by atoms with van der Waals surface area (Å²) >= 11 is 1.12. The number of fused-ring (bicyclic) bond motifs is 1. The quantitative estimate of drug-likeness (QED) is 0.596. The van der Waals surface area contributed by atoms with Gasteiger partial charge in [-0.15, -0.1) is 11.3 Å². The number of carbonyl (C=O) groups excluding carboxylic acids is 1. The Labute approximate surface area is 170 Å². The molecule has 1 aliphatic carbocycles. The third-order valence-corrected chi connectivity index (χ3v) is 6.40. The summed E-state index contributed by atoms with van der Waals surface area (Å²) in [6, 6.07) is 11.0. The number of benzene rings is 1. The second kappa shape index (κ2) is 7.40. The van der Waals surface area contributed by atoms with Crippen LogP contribution in [0.4, 0.5) is 13.2 Å². The van der Waals surface area contributed by atoms with Crippen molar-refractivity contribution in [2.45, 2.75) is 31.5 Å². The molecule has 1 amide bonds. The number of nitrogens with one attached hydrogen (secondary N) is 1. The molecule has 3 unspecified atom stereocenters. The van der Waals surface area contributed by atoms with E-state index < -0.39 is 12.8 Å². The topological polar surface area (TPSA) is 43.3 Å². The lowest BCUT2D eigenvalue weighted by Gasteiger charge is -2.12. The molecule has 1 fully saturated rings. The van der Waals surface area contributed by atoms with Crippen LogP contribution in [0.2, 0.25) is 0 Å². The lowest BCUT2D eigenvalue weighted by molar-refractivity contribution is -0.152. The molecule has 3 aromatic rings. The maximum absolute atomic E-state index is 12.7. The Kier molecular flexibility index (Phi) is 5.06. The Balaban J connectivity index is 1.37. The van der Waals surface area contributed by atoms with Gasteiger partial charge in [-0.1, -0.05) is 18.2 Å². The fourth-order valence-electron chi connectivity index (χ4n) is 3.69. The third-order valence-electron chi connectivity index (χ3n) is 5.22. The summed E-state index contributed by atoms with van der Waals surface area (Å²) in [5.74, 6) is 0.0908. The number of rotatable bonds is 6. The highest BCUT2D eigenvalue weighted by atomic mass is 32.1. The van der Waals surface area contributed by atoms with Gasteiger partial charge in [0.25, 0.3) is 0 Å². The molecule has 2 aromatic heterocycles. The molecule has 154 valence electrons. The van der Waals surface area contributed by atoms with Crippen molar-refractivity contribution in [1.29, 1.82) is 0 Å². The number of nitrogens with zero attached hydrogens (tertiary/aromatic N) is 1. The van der Waals surface area contributed by atoms with Gasteiger partial charge in [-0.05, 0) is 43.0 Å². The van der Waals surface area contributed by atoms with Crippen LogP contribution in [0.15, 0.2) is 42.6 Å². The largest absolute Gasteiger partial charge is 0.475 e. The van der Waals surface area contributed by atoms with Gasteiger partial charge in [-0.2, -0.15) is 13.2 Å². The normalized spacial score (nSPS) is 19.9. The number of aryl methyl sites for hydroxylation is 1. The molecule has 0 aliphatic heterocycles. The van der Waals surface area contributed by atoms with Gasteiger partial charge < -0.3 is 14.6 Å². The first-order valence-corrected chi connectivity index (χ1v) is 10.2. The van der Waals surface area contributed by atoms with Crippen molar-refractivity contribution < 1.29 is 22.7 Å². The van der Waals surface area contributed by atoms with Crippen LogP contribution in [0.25, 0.3) is 10.9 Å². The van der Waals surface area contributed by atoms with Gasteiger partial charge in [0.1, 0.15) is 0 Å². The maximum atomic E-state index is 12.7. The number of alkyl halides is 3. The predicted octanol–water partition coefficient (Wildman–Crippen LogP) is 5.16.